The Balaban J connectivity index is 1.44. The third kappa shape index (κ3) is 6.01. The Hall–Kier alpha value is -1.48. The Morgan fingerprint density at radius 1 is 0.706 bits per heavy atom. The molecular formula is C26H38O6S2. The Bertz CT molecular complexity index is 850. The van der Waals surface area contributed by atoms with Crippen molar-refractivity contribution in [3.8, 4) is 32.8 Å². The maximum Gasteiger partial charge on any atom is 0.180 e. The van der Waals surface area contributed by atoms with Crippen molar-refractivity contribution in [3.05, 3.63) is 10.8 Å². The van der Waals surface area contributed by atoms with Gasteiger partial charge < -0.3 is 28.4 Å². The molecule has 0 saturated carbocycles. The molecule has 0 saturated heterocycles. The molecule has 2 unspecified atom stereocenters. The van der Waals surface area contributed by atoms with E-state index in [-0.39, 0.29) is 10.8 Å². The summed E-state index contributed by atoms with van der Waals surface area (Å²) in [5.41, 5.74) is -0.374. The van der Waals surface area contributed by atoms with Crippen molar-refractivity contribution in [1.82, 2.24) is 0 Å². The van der Waals surface area contributed by atoms with E-state index >= 15 is 0 Å². The van der Waals surface area contributed by atoms with Crippen LogP contribution in [0.2, 0.25) is 0 Å². The molecule has 2 atom stereocenters. The third-order valence-electron chi connectivity index (χ3n) is 6.10. The molecule has 0 radical (unpaired) electrons. The van der Waals surface area contributed by atoms with E-state index in [0.717, 1.165) is 71.6 Å². The van der Waals surface area contributed by atoms with Crippen LogP contribution in [0.1, 0.15) is 53.4 Å². The second-order valence-electron chi connectivity index (χ2n) is 10.1. The maximum atomic E-state index is 6.35. The molecule has 0 aliphatic carbocycles. The predicted molar refractivity (Wildman–Crippen MR) is 137 cm³/mol. The minimum atomic E-state index is -0.187. The highest BCUT2D eigenvalue weighted by Gasteiger charge is 2.36. The summed E-state index contributed by atoms with van der Waals surface area (Å²) in [7, 11) is 0. The van der Waals surface area contributed by atoms with Crippen molar-refractivity contribution in [2.45, 2.75) is 53.4 Å². The van der Waals surface area contributed by atoms with Gasteiger partial charge in [0.25, 0.3) is 0 Å². The number of unbranched alkanes of at least 4 members (excludes halogenated alkanes) is 2. The van der Waals surface area contributed by atoms with Crippen LogP contribution >= 0.6 is 22.7 Å². The second kappa shape index (κ2) is 11.5. The smallest absolute Gasteiger partial charge is 0.180 e. The fourth-order valence-corrected chi connectivity index (χ4v) is 5.85. The van der Waals surface area contributed by atoms with Crippen LogP contribution in [-0.2, 0) is 9.47 Å². The van der Waals surface area contributed by atoms with Crippen LogP contribution in [0, 0.1) is 10.8 Å². The van der Waals surface area contributed by atoms with Crippen molar-refractivity contribution < 1.29 is 28.4 Å². The van der Waals surface area contributed by atoms with Crippen LogP contribution in [0.15, 0.2) is 10.8 Å². The quantitative estimate of drug-likeness (QED) is 0.315. The zero-order valence-electron chi connectivity index (χ0n) is 20.9. The maximum absolute atomic E-state index is 6.35. The minimum absolute atomic E-state index is 0.187. The number of thiophene rings is 2. The van der Waals surface area contributed by atoms with E-state index < -0.39 is 0 Å². The Morgan fingerprint density at radius 3 is 1.53 bits per heavy atom. The minimum Gasteiger partial charge on any atom is -0.488 e. The van der Waals surface area contributed by atoms with Crippen LogP contribution in [0.4, 0.5) is 0 Å². The highest BCUT2D eigenvalue weighted by atomic mass is 32.1. The van der Waals surface area contributed by atoms with Gasteiger partial charge in [-0.05, 0) is 12.8 Å². The molecule has 8 heteroatoms. The summed E-state index contributed by atoms with van der Waals surface area (Å²) in [6.45, 7) is 13.7. The average Bonchev–Trinajstić information content (AvgIpc) is 3.33. The second-order valence-corrected chi connectivity index (χ2v) is 11.9. The SMILES string of the molecule is CCCCOCC1(C)COc2csc(-c3scc4c3OCC(C)(COCCCC)CO4)c2OC1. The molecule has 2 aromatic heterocycles. The van der Waals surface area contributed by atoms with Crippen molar-refractivity contribution in [2.75, 3.05) is 52.9 Å². The van der Waals surface area contributed by atoms with E-state index in [4.69, 9.17) is 28.4 Å². The van der Waals surface area contributed by atoms with Gasteiger partial charge in [-0.15, -0.1) is 22.7 Å². The lowest BCUT2D eigenvalue weighted by molar-refractivity contribution is 0.00576. The zero-order chi connectivity index (χ0) is 24.0. The molecule has 2 aliphatic rings. The Morgan fingerprint density at radius 2 is 1.12 bits per heavy atom. The lowest BCUT2D eigenvalue weighted by Crippen LogP contribution is -2.35. The standard InChI is InChI=1S/C26H38O6S2/c1-5-7-9-27-13-25(3)15-29-19-11-33-23(21(19)31-17-25)24-22-20(12-34-24)30-16-26(4,18-32-22)14-28-10-8-6-2/h11-12H,5-10,13-18H2,1-4H3. The molecule has 0 spiro atoms. The van der Waals surface area contributed by atoms with Gasteiger partial charge in [-0.3, -0.25) is 0 Å². The molecule has 0 fully saturated rings. The lowest BCUT2D eigenvalue weighted by Gasteiger charge is -2.26. The lowest BCUT2D eigenvalue weighted by atomic mass is 9.94. The average molecular weight is 511 g/mol. The molecule has 0 bridgehead atoms. The summed E-state index contributed by atoms with van der Waals surface area (Å²) in [6.07, 6.45) is 4.41. The van der Waals surface area contributed by atoms with Crippen LogP contribution in [0.5, 0.6) is 23.0 Å². The van der Waals surface area contributed by atoms with E-state index in [2.05, 4.69) is 27.7 Å². The van der Waals surface area contributed by atoms with Gasteiger partial charge in [-0.2, -0.15) is 0 Å². The molecule has 2 aliphatic heterocycles. The molecule has 0 amide bonds. The van der Waals surface area contributed by atoms with Crippen LogP contribution in [0.25, 0.3) is 9.75 Å². The highest BCUT2D eigenvalue weighted by molar-refractivity contribution is 7.21. The summed E-state index contributed by atoms with van der Waals surface area (Å²) in [4.78, 5) is 2.06. The highest BCUT2D eigenvalue weighted by Crippen LogP contribution is 2.54. The van der Waals surface area contributed by atoms with E-state index in [9.17, 15) is 0 Å². The van der Waals surface area contributed by atoms with Crippen molar-refractivity contribution in [3.63, 3.8) is 0 Å². The van der Waals surface area contributed by atoms with E-state index in [1.807, 2.05) is 10.8 Å². The Labute approximate surface area is 211 Å². The number of hydrogen-bond donors (Lipinski definition) is 0. The summed E-state index contributed by atoms with van der Waals surface area (Å²) in [5.74, 6) is 3.18. The molecular weight excluding hydrogens is 472 g/mol. The van der Waals surface area contributed by atoms with Crippen molar-refractivity contribution >= 4 is 22.7 Å². The molecule has 190 valence electrons. The van der Waals surface area contributed by atoms with Gasteiger partial charge in [0.1, 0.15) is 0 Å². The molecule has 0 N–H and O–H groups in total. The zero-order valence-corrected chi connectivity index (χ0v) is 22.5. The summed E-state index contributed by atoms with van der Waals surface area (Å²) in [5, 5.41) is 4.06. The van der Waals surface area contributed by atoms with E-state index in [1.165, 1.54) is 0 Å². The fraction of sp³-hybridized carbons (Fsp3) is 0.692. The summed E-state index contributed by atoms with van der Waals surface area (Å²) in [6, 6.07) is 0. The fourth-order valence-electron chi connectivity index (χ4n) is 3.83. The largest absolute Gasteiger partial charge is 0.488 e. The first-order valence-corrected chi connectivity index (χ1v) is 14.1. The molecule has 6 nitrogen and oxygen atoms in total. The van der Waals surface area contributed by atoms with E-state index in [0.29, 0.717) is 39.6 Å². The normalized spacial score (nSPS) is 24.0. The molecule has 34 heavy (non-hydrogen) atoms. The molecule has 0 aromatic carbocycles. The van der Waals surface area contributed by atoms with Gasteiger partial charge in [0.05, 0.1) is 60.2 Å². The number of rotatable bonds is 11. The number of ether oxygens (including phenoxy) is 6. The van der Waals surface area contributed by atoms with Gasteiger partial charge in [-0.25, -0.2) is 0 Å². The predicted octanol–water partition coefficient (Wildman–Crippen LogP) is 6.67. The van der Waals surface area contributed by atoms with Gasteiger partial charge in [0.2, 0.25) is 0 Å². The Kier molecular flexibility index (Phi) is 8.66. The first-order valence-electron chi connectivity index (χ1n) is 12.4. The summed E-state index contributed by atoms with van der Waals surface area (Å²) >= 11 is 3.25. The van der Waals surface area contributed by atoms with Crippen molar-refractivity contribution in [1.29, 1.82) is 0 Å². The van der Waals surface area contributed by atoms with Gasteiger partial charge in [0, 0.05) is 24.0 Å². The number of hydrogen-bond acceptors (Lipinski definition) is 8. The van der Waals surface area contributed by atoms with E-state index in [1.54, 1.807) is 22.7 Å². The van der Waals surface area contributed by atoms with Crippen LogP contribution in [0.3, 0.4) is 0 Å². The van der Waals surface area contributed by atoms with Gasteiger partial charge in [-0.1, -0.05) is 40.5 Å². The summed E-state index contributed by atoms with van der Waals surface area (Å²) < 4.78 is 36.9. The monoisotopic (exact) mass is 510 g/mol. The van der Waals surface area contributed by atoms with Gasteiger partial charge >= 0.3 is 0 Å². The van der Waals surface area contributed by atoms with Crippen molar-refractivity contribution in [2.24, 2.45) is 10.8 Å². The molecule has 4 heterocycles. The number of fused-ring (bicyclic) bond motifs is 2. The van der Waals surface area contributed by atoms with Crippen LogP contribution in [-0.4, -0.2) is 52.9 Å². The topological polar surface area (TPSA) is 55.4 Å². The molecule has 4 rings (SSSR count). The third-order valence-corrected chi connectivity index (χ3v) is 8.15. The first-order chi connectivity index (χ1) is 16.5. The van der Waals surface area contributed by atoms with Crippen LogP contribution < -0.4 is 18.9 Å². The molecule has 2 aromatic rings. The van der Waals surface area contributed by atoms with Gasteiger partial charge in [0.15, 0.2) is 23.0 Å². The first kappa shape index (κ1) is 25.6.